The van der Waals surface area contributed by atoms with Crippen LogP contribution in [0.4, 0.5) is 5.69 Å². The number of H-pyrrole nitrogens is 1. The van der Waals surface area contributed by atoms with Gasteiger partial charge in [-0.25, -0.2) is 15.4 Å². The molecule has 0 aliphatic carbocycles. The van der Waals surface area contributed by atoms with Crippen LogP contribution in [0.5, 0.6) is 0 Å². The fourth-order valence-electron chi connectivity index (χ4n) is 1.39. The van der Waals surface area contributed by atoms with Crippen LogP contribution < -0.4 is 16.1 Å². The van der Waals surface area contributed by atoms with E-state index in [2.05, 4.69) is 20.5 Å². The highest BCUT2D eigenvalue weighted by atomic mass is 35.5. The summed E-state index contributed by atoms with van der Waals surface area (Å²) >= 11 is 17.4. The van der Waals surface area contributed by atoms with Gasteiger partial charge in [-0.3, -0.25) is 4.79 Å². The molecule has 0 aromatic carbocycles. The van der Waals surface area contributed by atoms with E-state index in [4.69, 9.17) is 40.5 Å². The summed E-state index contributed by atoms with van der Waals surface area (Å²) in [5, 5.41) is 3.60. The molecule has 4 N–H and O–H groups in total. The van der Waals surface area contributed by atoms with Gasteiger partial charge in [-0.1, -0.05) is 34.8 Å². The van der Waals surface area contributed by atoms with Crippen molar-refractivity contribution in [2.24, 2.45) is 5.10 Å². The van der Waals surface area contributed by atoms with Crippen LogP contribution in [-0.2, 0) is 0 Å². The topological polar surface area (TPSA) is 94.5 Å². The van der Waals surface area contributed by atoms with Crippen molar-refractivity contribution in [3.05, 3.63) is 51.0 Å². The number of nitrogens with two attached hydrogens (primary N) is 1. The normalized spacial score (nSPS) is 10.8. The lowest BCUT2D eigenvalue weighted by molar-refractivity contribution is -0.378. The van der Waals surface area contributed by atoms with Crippen LogP contribution in [0, 0.1) is 0 Å². The minimum absolute atomic E-state index is 0.00143. The van der Waals surface area contributed by atoms with E-state index < -0.39 is 5.91 Å². The maximum Gasteiger partial charge on any atom is 0.291 e. The molecule has 0 unspecified atom stereocenters. The molecular formula is C12H9Cl3N5O+. The van der Waals surface area contributed by atoms with Gasteiger partial charge in [-0.15, -0.1) is 0 Å². The smallest absolute Gasteiger partial charge is 0.291 e. The zero-order valence-corrected chi connectivity index (χ0v) is 12.7. The predicted molar refractivity (Wildman–Crippen MR) is 81.7 cm³/mol. The molecule has 6 nitrogen and oxygen atoms in total. The van der Waals surface area contributed by atoms with Crippen molar-refractivity contribution in [2.75, 3.05) is 5.73 Å². The number of carbonyl (C=O) groups excluding carboxylic acids is 1. The molecule has 0 saturated carbocycles. The van der Waals surface area contributed by atoms with Gasteiger partial charge in [-0.2, -0.15) is 5.10 Å². The van der Waals surface area contributed by atoms with Gasteiger partial charge in [0, 0.05) is 6.07 Å². The number of nitrogens with zero attached hydrogens (tertiary/aromatic N) is 2. The van der Waals surface area contributed by atoms with Crippen molar-refractivity contribution < 1.29 is 9.78 Å². The van der Waals surface area contributed by atoms with Crippen LogP contribution in [0.2, 0.25) is 15.2 Å². The average molecular weight is 346 g/mol. The predicted octanol–water partition coefficient (Wildman–Crippen LogP) is 2.20. The molecular weight excluding hydrogens is 337 g/mol. The van der Waals surface area contributed by atoms with Gasteiger partial charge in [0.2, 0.25) is 0 Å². The molecule has 0 radical (unpaired) electrons. The highest BCUT2D eigenvalue weighted by Crippen LogP contribution is 2.34. The molecule has 0 aliphatic rings. The number of nitrogen functional groups attached to an aromatic ring is 1. The molecule has 0 spiro atoms. The number of nitrogens with one attached hydrogen (secondary N) is 2. The molecule has 2 rings (SSSR count). The first-order valence-electron chi connectivity index (χ1n) is 5.60. The summed E-state index contributed by atoms with van der Waals surface area (Å²) in [5.41, 5.74) is 8.51. The molecule has 2 aromatic heterocycles. The second-order valence-electron chi connectivity index (χ2n) is 3.83. The summed E-state index contributed by atoms with van der Waals surface area (Å²) in [7, 11) is 0. The first-order valence-corrected chi connectivity index (χ1v) is 6.73. The van der Waals surface area contributed by atoms with Gasteiger partial charge in [0.25, 0.3) is 5.91 Å². The molecule has 0 saturated heterocycles. The zero-order valence-electron chi connectivity index (χ0n) is 10.4. The van der Waals surface area contributed by atoms with Crippen LogP contribution in [0.3, 0.4) is 0 Å². The van der Waals surface area contributed by atoms with E-state index in [0.717, 1.165) is 5.56 Å². The van der Waals surface area contributed by atoms with Gasteiger partial charge >= 0.3 is 0 Å². The summed E-state index contributed by atoms with van der Waals surface area (Å²) in [6.45, 7) is 0. The number of rotatable bonds is 3. The quantitative estimate of drug-likeness (QED) is 0.507. The van der Waals surface area contributed by atoms with E-state index in [1.165, 1.54) is 6.21 Å². The zero-order chi connectivity index (χ0) is 15.4. The number of amides is 1. The lowest BCUT2D eigenvalue weighted by Gasteiger charge is -2.07. The van der Waals surface area contributed by atoms with Crippen molar-refractivity contribution in [3.63, 3.8) is 0 Å². The van der Waals surface area contributed by atoms with Gasteiger partial charge < -0.3 is 5.73 Å². The molecule has 21 heavy (non-hydrogen) atoms. The highest BCUT2D eigenvalue weighted by Gasteiger charge is 2.19. The highest BCUT2D eigenvalue weighted by molar-refractivity contribution is 6.46. The van der Waals surface area contributed by atoms with Gasteiger partial charge in [0.1, 0.15) is 5.02 Å². The number of halogens is 3. The van der Waals surface area contributed by atoms with Crippen molar-refractivity contribution in [3.8, 4) is 0 Å². The van der Waals surface area contributed by atoms with E-state index >= 15 is 0 Å². The van der Waals surface area contributed by atoms with Gasteiger partial charge in [-0.05, 0) is 6.07 Å². The fraction of sp³-hybridized carbons (Fsp3) is 0. The molecule has 2 aromatic rings. The number of aromatic nitrogens is 2. The van der Waals surface area contributed by atoms with E-state index in [9.17, 15) is 4.79 Å². The molecule has 1 amide bonds. The number of hydrogen-bond acceptors (Lipinski definition) is 4. The number of anilines is 1. The minimum atomic E-state index is -0.651. The number of hydrogen-bond donors (Lipinski definition) is 2. The Labute approximate surface area is 134 Å². The SMILES string of the molecule is Nc1c(Cl)c(Cl)nc(C(=O)N/N=C/c2ccc[nH+]c2)c1Cl. The monoisotopic (exact) mass is 344 g/mol. The molecule has 108 valence electrons. The average Bonchev–Trinajstić information content (AvgIpc) is 2.49. The minimum Gasteiger partial charge on any atom is -0.396 e. The summed E-state index contributed by atoms with van der Waals surface area (Å²) in [5.74, 6) is -0.651. The van der Waals surface area contributed by atoms with Crippen LogP contribution in [0.1, 0.15) is 16.1 Å². The van der Waals surface area contributed by atoms with E-state index in [0.29, 0.717) is 0 Å². The van der Waals surface area contributed by atoms with E-state index in [1.807, 2.05) is 0 Å². The molecule has 9 heteroatoms. The first kappa shape index (κ1) is 15.5. The van der Waals surface area contributed by atoms with Crippen LogP contribution >= 0.6 is 34.8 Å². The number of hydrazone groups is 1. The third kappa shape index (κ3) is 3.60. The molecule has 0 fully saturated rings. The maximum absolute atomic E-state index is 11.9. The number of pyridine rings is 2. The third-order valence-corrected chi connectivity index (χ3v) is 3.53. The largest absolute Gasteiger partial charge is 0.396 e. The molecule has 0 aliphatic heterocycles. The number of aromatic amines is 1. The van der Waals surface area contributed by atoms with Crippen LogP contribution in [0.25, 0.3) is 0 Å². The Morgan fingerprint density at radius 2 is 2.14 bits per heavy atom. The summed E-state index contributed by atoms with van der Waals surface area (Å²) in [6.07, 6.45) is 4.90. The van der Waals surface area contributed by atoms with Crippen molar-refractivity contribution in [2.45, 2.75) is 0 Å². The molecule has 2 heterocycles. The lowest BCUT2D eigenvalue weighted by Crippen LogP contribution is -2.20. The Morgan fingerprint density at radius 3 is 2.81 bits per heavy atom. The molecule has 0 bridgehead atoms. The first-order chi connectivity index (χ1) is 10.0. The Kier molecular flexibility index (Phi) is 4.95. The van der Waals surface area contributed by atoms with E-state index in [1.54, 1.807) is 24.5 Å². The number of carbonyl (C=O) groups is 1. The lowest BCUT2D eigenvalue weighted by atomic mass is 10.3. The van der Waals surface area contributed by atoms with Crippen molar-refractivity contribution in [1.82, 2.24) is 10.4 Å². The van der Waals surface area contributed by atoms with Crippen LogP contribution in [0.15, 0.2) is 29.6 Å². The fourth-order valence-corrected chi connectivity index (χ4v) is 1.98. The Bertz CT molecular complexity index is 706. The summed E-state index contributed by atoms with van der Waals surface area (Å²) in [4.78, 5) is 18.6. The van der Waals surface area contributed by atoms with Crippen LogP contribution in [-0.4, -0.2) is 17.1 Å². The second kappa shape index (κ2) is 6.71. The Hall–Kier alpha value is -1.89. The summed E-state index contributed by atoms with van der Waals surface area (Å²) in [6, 6.07) is 3.59. The van der Waals surface area contributed by atoms with Crippen molar-refractivity contribution in [1.29, 1.82) is 0 Å². The van der Waals surface area contributed by atoms with Gasteiger partial charge in [0.05, 0.1) is 22.5 Å². The van der Waals surface area contributed by atoms with Gasteiger partial charge in [0.15, 0.2) is 23.2 Å². The Balaban J connectivity index is 2.16. The maximum atomic E-state index is 11.9. The standard InChI is InChI=1S/C12H8Cl3N5O/c13-7-9(16)8(14)11(15)19-10(7)12(21)20-18-5-6-2-1-3-17-4-6/h1-5H,(H2,16,19)(H,20,21)/p+1/b18-5+. The molecule has 0 atom stereocenters. The third-order valence-electron chi connectivity index (χ3n) is 2.40. The Morgan fingerprint density at radius 1 is 1.38 bits per heavy atom. The van der Waals surface area contributed by atoms with Crippen molar-refractivity contribution >= 4 is 52.6 Å². The summed E-state index contributed by atoms with van der Waals surface area (Å²) < 4.78 is 0. The van der Waals surface area contributed by atoms with E-state index in [-0.39, 0.29) is 26.6 Å². The second-order valence-corrected chi connectivity index (χ2v) is 4.94.